The number of hydrogen-bond donors (Lipinski definition) is 1. The second-order valence-electron chi connectivity index (χ2n) is 2.98. The summed E-state index contributed by atoms with van der Waals surface area (Å²) in [6.45, 7) is 1.79. The van der Waals surface area contributed by atoms with Gasteiger partial charge in [0.25, 0.3) is 0 Å². The molecule has 15 heavy (non-hydrogen) atoms. The number of nitrogens with one attached hydrogen (secondary N) is 1. The van der Waals surface area contributed by atoms with Crippen molar-refractivity contribution in [2.75, 3.05) is 10.5 Å². The SMILES string of the molecule is Cc1ccc(Br)cc1NS(=O)(=O)CC#N. The van der Waals surface area contributed by atoms with Gasteiger partial charge < -0.3 is 0 Å². The van der Waals surface area contributed by atoms with E-state index in [4.69, 9.17) is 5.26 Å². The molecule has 0 fully saturated rings. The molecule has 1 rings (SSSR count). The Morgan fingerprint density at radius 1 is 1.53 bits per heavy atom. The molecular formula is C9H9BrN2O2S. The first-order chi connectivity index (χ1) is 6.94. The molecule has 0 radical (unpaired) electrons. The van der Waals surface area contributed by atoms with Crippen LogP contribution < -0.4 is 4.72 Å². The third-order valence-corrected chi connectivity index (χ3v) is 3.25. The van der Waals surface area contributed by atoms with Crippen LogP contribution in [0.4, 0.5) is 5.69 Å². The molecular weight excluding hydrogens is 280 g/mol. The monoisotopic (exact) mass is 288 g/mol. The highest BCUT2D eigenvalue weighted by atomic mass is 79.9. The molecule has 0 aliphatic carbocycles. The van der Waals surface area contributed by atoms with Crippen LogP contribution in [0.3, 0.4) is 0 Å². The maximum atomic E-state index is 11.3. The lowest BCUT2D eigenvalue weighted by Crippen LogP contribution is -2.16. The van der Waals surface area contributed by atoms with Gasteiger partial charge in [0.15, 0.2) is 5.75 Å². The number of aryl methyl sites for hydroxylation is 1. The number of hydrogen-bond acceptors (Lipinski definition) is 3. The zero-order chi connectivity index (χ0) is 11.5. The standard InChI is InChI=1S/C9H9BrN2O2S/c1-7-2-3-8(10)6-9(7)12-15(13,14)5-4-11/h2-3,6,12H,5H2,1H3. The van der Waals surface area contributed by atoms with Crippen molar-refractivity contribution in [1.29, 1.82) is 5.26 Å². The number of rotatable bonds is 3. The Morgan fingerprint density at radius 2 is 2.20 bits per heavy atom. The highest BCUT2D eigenvalue weighted by Crippen LogP contribution is 2.21. The summed E-state index contributed by atoms with van der Waals surface area (Å²) in [4.78, 5) is 0. The molecule has 1 N–H and O–H groups in total. The van der Waals surface area contributed by atoms with E-state index in [0.717, 1.165) is 10.0 Å². The van der Waals surface area contributed by atoms with E-state index in [9.17, 15) is 8.42 Å². The van der Waals surface area contributed by atoms with Crippen LogP contribution >= 0.6 is 15.9 Å². The van der Waals surface area contributed by atoms with Gasteiger partial charge in [0.2, 0.25) is 10.0 Å². The van der Waals surface area contributed by atoms with Crippen molar-refractivity contribution < 1.29 is 8.42 Å². The molecule has 0 heterocycles. The molecule has 0 atom stereocenters. The topological polar surface area (TPSA) is 70.0 Å². The van der Waals surface area contributed by atoms with E-state index >= 15 is 0 Å². The number of nitrogens with zero attached hydrogens (tertiary/aromatic N) is 1. The third kappa shape index (κ3) is 3.53. The van der Waals surface area contributed by atoms with E-state index in [0.29, 0.717) is 5.69 Å². The lowest BCUT2D eigenvalue weighted by atomic mass is 10.2. The van der Waals surface area contributed by atoms with Crippen LogP contribution in [0.25, 0.3) is 0 Å². The fourth-order valence-electron chi connectivity index (χ4n) is 0.993. The number of nitriles is 1. The van der Waals surface area contributed by atoms with Gasteiger partial charge in [-0.2, -0.15) is 5.26 Å². The number of halogens is 1. The minimum Gasteiger partial charge on any atom is -0.282 e. The zero-order valence-corrected chi connectivity index (χ0v) is 10.4. The molecule has 0 aliphatic heterocycles. The molecule has 0 aromatic heterocycles. The van der Waals surface area contributed by atoms with Gasteiger partial charge in [-0.3, -0.25) is 4.72 Å². The maximum absolute atomic E-state index is 11.3. The molecule has 4 nitrogen and oxygen atoms in total. The zero-order valence-electron chi connectivity index (χ0n) is 7.99. The lowest BCUT2D eigenvalue weighted by molar-refractivity contribution is 0.604. The van der Waals surface area contributed by atoms with Crippen molar-refractivity contribution in [3.8, 4) is 6.07 Å². The average molecular weight is 289 g/mol. The van der Waals surface area contributed by atoms with Gasteiger partial charge in [-0.15, -0.1) is 0 Å². The molecule has 1 aromatic carbocycles. The van der Waals surface area contributed by atoms with Crippen LogP contribution in [-0.2, 0) is 10.0 Å². The molecule has 6 heteroatoms. The van der Waals surface area contributed by atoms with Crippen LogP contribution in [0.15, 0.2) is 22.7 Å². The molecule has 0 bridgehead atoms. The molecule has 0 unspecified atom stereocenters. The van der Waals surface area contributed by atoms with E-state index in [1.807, 2.05) is 6.07 Å². The first kappa shape index (κ1) is 12.0. The summed E-state index contributed by atoms with van der Waals surface area (Å²) in [6.07, 6.45) is 0. The highest BCUT2D eigenvalue weighted by molar-refractivity contribution is 9.10. The van der Waals surface area contributed by atoms with E-state index in [2.05, 4.69) is 20.7 Å². The van der Waals surface area contributed by atoms with Crippen LogP contribution in [0.1, 0.15) is 5.56 Å². The summed E-state index contributed by atoms with van der Waals surface area (Å²) in [6, 6.07) is 6.86. The Bertz CT molecular complexity index is 505. The summed E-state index contributed by atoms with van der Waals surface area (Å²) in [5.41, 5.74) is 1.29. The van der Waals surface area contributed by atoms with Gasteiger partial charge in [0, 0.05) is 4.47 Å². The van der Waals surface area contributed by atoms with Crippen molar-refractivity contribution in [3.05, 3.63) is 28.2 Å². The summed E-state index contributed by atoms with van der Waals surface area (Å²) in [5, 5.41) is 8.33. The van der Waals surface area contributed by atoms with E-state index in [-0.39, 0.29) is 0 Å². The van der Waals surface area contributed by atoms with E-state index < -0.39 is 15.8 Å². The molecule has 0 saturated carbocycles. The lowest BCUT2D eigenvalue weighted by Gasteiger charge is -2.08. The average Bonchev–Trinajstić information content (AvgIpc) is 2.10. The van der Waals surface area contributed by atoms with Crippen molar-refractivity contribution in [3.63, 3.8) is 0 Å². The summed E-state index contributed by atoms with van der Waals surface area (Å²) in [7, 11) is -3.56. The van der Waals surface area contributed by atoms with Gasteiger partial charge in [-0.25, -0.2) is 8.42 Å². The van der Waals surface area contributed by atoms with Crippen molar-refractivity contribution >= 4 is 31.6 Å². The predicted octanol–water partition coefficient (Wildman–Crippen LogP) is 2.02. The summed E-state index contributed by atoms with van der Waals surface area (Å²) < 4.78 is 25.8. The Hall–Kier alpha value is -1.06. The minimum absolute atomic E-state index is 0.486. The molecule has 0 saturated heterocycles. The molecule has 0 spiro atoms. The van der Waals surface area contributed by atoms with Crippen molar-refractivity contribution in [2.24, 2.45) is 0 Å². The van der Waals surface area contributed by atoms with E-state index in [1.54, 1.807) is 25.1 Å². The Labute approximate surface area is 97.1 Å². The first-order valence-electron chi connectivity index (χ1n) is 4.08. The Morgan fingerprint density at radius 3 is 2.80 bits per heavy atom. The third-order valence-electron chi connectivity index (χ3n) is 1.72. The summed E-state index contributed by atoms with van der Waals surface area (Å²) >= 11 is 3.24. The largest absolute Gasteiger partial charge is 0.282 e. The molecule has 0 amide bonds. The second kappa shape index (κ2) is 4.64. The van der Waals surface area contributed by atoms with Crippen LogP contribution in [0.2, 0.25) is 0 Å². The second-order valence-corrected chi connectivity index (χ2v) is 5.62. The van der Waals surface area contributed by atoms with Gasteiger partial charge in [-0.1, -0.05) is 22.0 Å². The Kier molecular flexibility index (Phi) is 3.72. The predicted molar refractivity (Wildman–Crippen MR) is 61.9 cm³/mol. The fraction of sp³-hybridized carbons (Fsp3) is 0.222. The molecule has 1 aromatic rings. The van der Waals surface area contributed by atoms with Gasteiger partial charge >= 0.3 is 0 Å². The maximum Gasteiger partial charge on any atom is 0.246 e. The number of sulfonamides is 1. The van der Waals surface area contributed by atoms with Crippen LogP contribution in [0, 0.1) is 18.3 Å². The van der Waals surface area contributed by atoms with Gasteiger partial charge in [0.1, 0.15) is 0 Å². The Balaban J connectivity index is 3.00. The van der Waals surface area contributed by atoms with Gasteiger partial charge in [-0.05, 0) is 24.6 Å². The smallest absolute Gasteiger partial charge is 0.246 e. The number of anilines is 1. The van der Waals surface area contributed by atoms with Crippen LogP contribution in [0.5, 0.6) is 0 Å². The molecule has 0 aliphatic rings. The van der Waals surface area contributed by atoms with Crippen molar-refractivity contribution in [1.82, 2.24) is 0 Å². The highest BCUT2D eigenvalue weighted by Gasteiger charge is 2.10. The minimum atomic E-state index is -3.56. The van der Waals surface area contributed by atoms with Crippen molar-refractivity contribution in [2.45, 2.75) is 6.92 Å². The quantitative estimate of drug-likeness (QED) is 0.925. The molecule has 80 valence electrons. The number of benzene rings is 1. The van der Waals surface area contributed by atoms with Gasteiger partial charge in [0.05, 0.1) is 11.8 Å². The normalized spacial score (nSPS) is 10.7. The van der Waals surface area contributed by atoms with Crippen LogP contribution in [-0.4, -0.2) is 14.2 Å². The van der Waals surface area contributed by atoms with E-state index in [1.165, 1.54) is 0 Å². The first-order valence-corrected chi connectivity index (χ1v) is 6.53. The summed E-state index contributed by atoms with van der Waals surface area (Å²) in [5.74, 6) is -0.543. The fourth-order valence-corrected chi connectivity index (χ4v) is 2.15.